The SMILES string of the molecule is CCC(=O)CCCCC[C@H](NC(=O)O)c1nc(Br)cn1COCC[Si](C)(C)C. The third kappa shape index (κ3) is 10.4. The second kappa shape index (κ2) is 12.4. The lowest BCUT2D eigenvalue weighted by Crippen LogP contribution is -2.29. The molecule has 0 radical (unpaired) electrons. The van der Waals surface area contributed by atoms with E-state index in [4.69, 9.17) is 4.74 Å². The molecule has 0 spiro atoms. The lowest BCUT2D eigenvalue weighted by atomic mass is 10.0. The zero-order valence-corrected chi connectivity index (χ0v) is 20.0. The number of nitrogens with one attached hydrogen (secondary N) is 1. The Labute approximate surface area is 177 Å². The summed E-state index contributed by atoms with van der Waals surface area (Å²) < 4.78 is 8.32. The average molecular weight is 476 g/mol. The number of carbonyl (C=O) groups excluding carboxylic acids is 1. The van der Waals surface area contributed by atoms with Gasteiger partial charge in [-0.05, 0) is 34.8 Å². The molecule has 0 aliphatic rings. The number of rotatable bonds is 14. The molecule has 0 bridgehead atoms. The molecule has 0 unspecified atom stereocenters. The van der Waals surface area contributed by atoms with Crippen LogP contribution in [0.15, 0.2) is 10.8 Å². The first-order valence-corrected chi connectivity index (χ1v) is 14.4. The Morgan fingerprint density at radius 1 is 1.32 bits per heavy atom. The molecule has 0 aromatic carbocycles. The van der Waals surface area contributed by atoms with Gasteiger partial charge < -0.3 is 19.7 Å². The van der Waals surface area contributed by atoms with E-state index in [0.717, 1.165) is 25.3 Å². The van der Waals surface area contributed by atoms with Crippen LogP contribution in [0.2, 0.25) is 25.7 Å². The Morgan fingerprint density at radius 3 is 2.64 bits per heavy atom. The van der Waals surface area contributed by atoms with E-state index in [1.54, 1.807) is 0 Å². The number of Topliss-reactive ketones (excluding diaryl/α,β-unsaturated/α-hetero) is 1. The van der Waals surface area contributed by atoms with E-state index in [1.807, 2.05) is 17.7 Å². The molecular weight excluding hydrogens is 442 g/mol. The third-order valence-electron chi connectivity index (χ3n) is 4.46. The van der Waals surface area contributed by atoms with E-state index >= 15 is 0 Å². The van der Waals surface area contributed by atoms with Gasteiger partial charge in [-0.3, -0.25) is 4.79 Å². The number of amides is 1. The van der Waals surface area contributed by atoms with E-state index in [0.29, 0.717) is 43.0 Å². The van der Waals surface area contributed by atoms with Crippen LogP contribution in [0.4, 0.5) is 4.79 Å². The van der Waals surface area contributed by atoms with Crippen molar-refractivity contribution >= 4 is 35.9 Å². The lowest BCUT2D eigenvalue weighted by molar-refractivity contribution is -0.118. The Morgan fingerprint density at radius 2 is 2.04 bits per heavy atom. The van der Waals surface area contributed by atoms with Crippen LogP contribution in [0.5, 0.6) is 0 Å². The zero-order valence-electron chi connectivity index (χ0n) is 17.5. The smallest absolute Gasteiger partial charge is 0.405 e. The number of nitrogens with zero attached hydrogens (tertiary/aromatic N) is 2. The summed E-state index contributed by atoms with van der Waals surface area (Å²) >= 11 is 3.38. The molecule has 28 heavy (non-hydrogen) atoms. The first kappa shape index (κ1) is 24.8. The number of carbonyl (C=O) groups is 2. The molecular formula is C19H34BrN3O4Si. The molecule has 1 rings (SSSR count). The topological polar surface area (TPSA) is 93.5 Å². The van der Waals surface area contributed by atoms with Crippen LogP contribution < -0.4 is 5.32 Å². The molecule has 7 nitrogen and oxygen atoms in total. The standard InChI is InChI=1S/C19H34BrN3O4Si/c1-5-15(24)9-7-6-8-10-16(21-19(25)26)18-22-17(20)13-23(18)14-27-11-12-28(2,3)4/h13,16,21H,5-12,14H2,1-4H3,(H,25,26)/t16-/m0/s1. The van der Waals surface area contributed by atoms with Gasteiger partial charge in [0.05, 0.1) is 6.04 Å². The van der Waals surface area contributed by atoms with Crippen molar-refractivity contribution in [2.75, 3.05) is 6.61 Å². The molecule has 1 aromatic heterocycles. The van der Waals surface area contributed by atoms with Crippen LogP contribution in [0, 0.1) is 0 Å². The second-order valence-electron chi connectivity index (χ2n) is 8.23. The van der Waals surface area contributed by atoms with Gasteiger partial charge in [-0.1, -0.05) is 39.4 Å². The van der Waals surface area contributed by atoms with E-state index in [9.17, 15) is 14.7 Å². The summed E-state index contributed by atoms with van der Waals surface area (Å²) in [5, 5.41) is 11.8. The summed E-state index contributed by atoms with van der Waals surface area (Å²) in [5.41, 5.74) is 0. The van der Waals surface area contributed by atoms with Crippen molar-refractivity contribution in [2.45, 2.75) is 83.9 Å². The minimum Gasteiger partial charge on any atom is -0.465 e. The highest BCUT2D eigenvalue weighted by Crippen LogP contribution is 2.23. The highest BCUT2D eigenvalue weighted by molar-refractivity contribution is 9.10. The maximum atomic E-state index is 11.4. The number of ketones is 1. The quantitative estimate of drug-likeness (QED) is 0.285. The van der Waals surface area contributed by atoms with Gasteiger partial charge in [0.2, 0.25) is 0 Å². The van der Waals surface area contributed by atoms with Gasteiger partial charge in [0.1, 0.15) is 22.9 Å². The van der Waals surface area contributed by atoms with E-state index in [1.165, 1.54) is 0 Å². The molecule has 1 aromatic rings. The highest BCUT2D eigenvalue weighted by Gasteiger charge is 2.21. The molecule has 0 aliphatic heterocycles. The fourth-order valence-electron chi connectivity index (χ4n) is 2.76. The largest absolute Gasteiger partial charge is 0.465 e. The molecule has 0 fully saturated rings. The van der Waals surface area contributed by atoms with Crippen molar-refractivity contribution in [3.8, 4) is 0 Å². The molecule has 1 atom stereocenters. The van der Waals surface area contributed by atoms with Crippen molar-refractivity contribution in [1.82, 2.24) is 14.9 Å². The molecule has 1 amide bonds. The van der Waals surface area contributed by atoms with Gasteiger partial charge in [0.25, 0.3) is 0 Å². The van der Waals surface area contributed by atoms with Crippen molar-refractivity contribution in [3.05, 3.63) is 16.6 Å². The number of halogens is 1. The van der Waals surface area contributed by atoms with Crippen LogP contribution in [0.25, 0.3) is 0 Å². The predicted octanol–water partition coefficient (Wildman–Crippen LogP) is 5.20. The van der Waals surface area contributed by atoms with Crippen molar-refractivity contribution in [1.29, 1.82) is 0 Å². The monoisotopic (exact) mass is 475 g/mol. The summed E-state index contributed by atoms with van der Waals surface area (Å²) in [6.07, 6.45) is 5.10. The zero-order chi connectivity index (χ0) is 21.2. The van der Waals surface area contributed by atoms with Crippen molar-refractivity contribution in [3.63, 3.8) is 0 Å². The summed E-state index contributed by atoms with van der Waals surface area (Å²) in [5.74, 6) is 0.919. The second-order valence-corrected chi connectivity index (χ2v) is 14.7. The molecule has 0 saturated carbocycles. The summed E-state index contributed by atoms with van der Waals surface area (Å²) in [6.45, 7) is 9.82. The molecule has 9 heteroatoms. The lowest BCUT2D eigenvalue weighted by Gasteiger charge is -2.19. The normalized spacial score (nSPS) is 12.8. The molecule has 0 saturated heterocycles. The Hall–Kier alpha value is -1.19. The molecule has 160 valence electrons. The van der Waals surface area contributed by atoms with Crippen LogP contribution in [0.3, 0.4) is 0 Å². The molecule has 0 aliphatic carbocycles. The van der Waals surface area contributed by atoms with Gasteiger partial charge in [-0.15, -0.1) is 0 Å². The van der Waals surface area contributed by atoms with Gasteiger partial charge >= 0.3 is 6.09 Å². The summed E-state index contributed by atoms with van der Waals surface area (Å²) in [6, 6.07) is 0.664. The fraction of sp³-hybridized carbons (Fsp3) is 0.737. The Kier molecular flexibility index (Phi) is 11.0. The molecule has 2 N–H and O–H groups in total. The van der Waals surface area contributed by atoms with Gasteiger partial charge in [-0.25, -0.2) is 9.78 Å². The first-order chi connectivity index (χ1) is 13.1. The van der Waals surface area contributed by atoms with Gasteiger partial charge in [0.15, 0.2) is 0 Å². The number of hydrogen-bond acceptors (Lipinski definition) is 4. The van der Waals surface area contributed by atoms with Crippen molar-refractivity contribution in [2.24, 2.45) is 0 Å². The predicted molar refractivity (Wildman–Crippen MR) is 116 cm³/mol. The minimum atomic E-state index is -1.16. The van der Waals surface area contributed by atoms with Gasteiger partial charge in [-0.2, -0.15) is 0 Å². The van der Waals surface area contributed by atoms with Crippen molar-refractivity contribution < 1.29 is 19.4 Å². The summed E-state index contributed by atoms with van der Waals surface area (Å²) in [4.78, 5) is 27.1. The fourth-order valence-corrected chi connectivity index (χ4v) is 3.94. The number of imidazole rings is 1. The molecule has 1 heterocycles. The Bertz CT molecular complexity index is 631. The third-order valence-corrected chi connectivity index (χ3v) is 6.54. The van der Waals surface area contributed by atoms with Crippen LogP contribution in [-0.2, 0) is 16.3 Å². The number of aromatic nitrogens is 2. The number of hydrogen-bond donors (Lipinski definition) is 2. The van der Waals surface area contributed by atoms with Gasteiger partial charge in [0, 0.05) is 33.7 Å². The van der Waals surface area contributed by atoms with E-state index in [-0.39, 0.29) is 5.78 Å². The average Bonchev–Trinajstić information content (AvgIpc) is 2.96. The Balaban J connectivity index is 2.65. The first-order valence-electron chi connectivity index (χ1n) is 9.94. The van der Waals surface area contributed by atoms with Crippen LogP contribution >= 0.6 is 15.9 Å². The van der Waals surface area contributed by atoms with Crippen LogP contribution in [-0.4, -0.2) is 41.2 Å². The number of carboxylic acid groups (broad SMARTS) is 1. The highest BCUT2D eigenvalue weighted by atomic mass is 79.9. The number of unbranched alkanes of at least 4 members (excludes halogenated alkanes) is 2. The van der Waals surface area contributed by atoms with E-state index in [2.05, 4.69) is 45.9 Å². The maximum Gasteiger partial charge on any atom is 0.405 e. The maximum absolute atomic E-state index is 11.4. The number of ether oxygens (including phenoxy) is 1. The summed E-state index contributed by atoms with van der Waals surface area (Å²) in [7, 11) is -1.16. The minimum absolute atomic E-state index is 0.273. The van der Waals surface area contributed by atoms with E-state index < -0.39 is 20.2 Å². The van der Waals surface area contributed by atoms with Crippen LogP contribution in [0.1, 0.15) is 57.3 Å².